The van der Waals surface area contributed by atoms with Crippen molar-refractivity contribution in [3.63, 3.8) is 0 Å². The van der Waals surface area contributed by atoms with Gasteiger partial charge in [0.25, 0.3) is 0 Å². The molecule has 0 amide bonds. The van der Waals surface area contributed by atoms with E-state index in [1.165, 1.54) is 31.2 Å². The van der Waals surface area contributed by atoms with Crippen molar-refractivity contribution in [2.75, 3.05) is 0 Å². The van der Waals surface area contributed by atoms with Crippen LogP contribution >= 0.6 is 46.9 Å². The molecule has 0 saturated heterocycles. The number of rotatable bonds is 2. The summed E-state index contributed by atoms with van der Waals surface area (Å²) in [6, 6.07) is 0. The first-order valence-corrected chi connectivity index (χ1v) is 13.3. The van der Waals surface area contributed by atoms with E-state index in [1.807, 2.05) is 0 Å². The molecule has 0 radical (unpaired) electrons. The van der Waals surface area contributed by atoms with Crippen LogP contribution in [0, 0.1) is 0 Å². The second-order valence-corrected chi connectivity index (χ2v) is 16.0. The first kappa shape index (κ1) is 15.6. The molecule has 0 aliphatic rings. The third-order valence-electron chi connectivity index (χ3n) is 0.927. The van der Waals surface area contributed by atoms with Gasteiger partial charge < -0.3 is 24.8 Å². The van der Waals surface area contributed by atoms with Crippen molar-refractivity contribution < 1.29 is 48.0 Å². The SMILES string of the molecule is [Cl-].[Cl-].[nH]1ppp[c]1[Zr+2][c]1[nH]ppp1. The zero-order valence-corrected chi connectivity index (χ0v) is 15.3. The Bertz CT molecular complexity index is 279. The Balaban J connectivity index is 0.000000720. The molecule has 0 atom stereocenters. The molecule has 0 bridgehead atoms. The van der Waals surface area contributed by atoms with Gasteiger partial charge in [0.1, 0.15) is 0 Å². The van der Waals surface area contributed by atoms with Gasteiger partial charge in [0.2, 0.25) is 0 Å². The molecule has 2 aromatic heterocycles. The Morgan fingerprint density at radius 2 is 1.31 bits per heavy atom. The van der Waals surface area contributed by atoms with Crippen molar-refractivity contribution in [3.05, 3.63) is 0 Å². The van der Waals surface area contributed by atoms with Crippen LogP contribution in [0.25, 0.3) is 0 Å². The molecule has 2 N–H and O–H groups in total. The van der Waals surface area contributed by atoms with Gasteiger partial charge >= 0.3 is 85.9 Å². The molecule has 11 heteroatoms. The molecular weight excluding hydrogens is 400 g/mol. The van der Waals surface area contributed by atoms with Gasteiger partial charge in [0.05, 0.1) is 0 Å². The van der Waals surface area contributed by atoms with Gasteiger partial charge in [-0.2, -0.15) is 0 Å². The first-order chi connectivity index (χ1) is 5.45. The van der Waals surface area contributed by atoms with Gasteiger partial charge in [-0.3, -0.25) is 0 Å². The Kier molecular flexibility index (Phi) is 10.5. The molecule has 13 heavy (non-hydrogen) atoms. The normalized spacial score (nSPS) is 11.7. The molecule has 0 aliphatic heterocycles. The van der Waals surface area contributed by atoms with Crippen LogP contribution in [0.3, 0.4) is 0 Å². The predicted octanol–water partition coefficient (Wildman–Crippen LogP) is -2.14. The Labute approximate surface area is 110 Å². The van der Waals surface area contributed by atoms with Gasteiger partial charge in [-0.15, -0.1) is 0 Å². The number of hydrogen-bond donors (Lipinski definition) is 2. The molecular formula is C2H2Cl2N2P6Zr. The van der Waals surface area contributed by atoms with Crippen LogP contribution in [0.5, 0.6) is 0 Å². The molecule has 0 unspecified atom stereocenters. The summed E-state index contributed by atoms with van der Waals surface area (Å²) in [7, 11) is 8.96. The number of nitrogens with one attached hydrogen (secondary N) is 2. The summed E-state index contributed by atoms with van der Waals surface area (Å²) < 4.78 is 10.2. The summed E-state index contributed by atoms with van der Waals surface area (Å²) >= 11 is -0.350. The van der Waals surface area contributed by atoms with E-state index < -0.39 is 0 Å². The Morgan fingerprint density at radius 3 is 1.62 bits per heavy atom. The van der Waals surface area contributed by atoms with Gasteiger partial charge in [0.15, 0.2) is 0 Å². The van der Waals surface area contributed by atoms with Gasteiger partial charge in [-0.05, 0) is 0 Å². The molecule has 2 nitrogen and oxygen atoms in total. The maximum absolute atomic E-state index is 3.45. The van der Waals surface area contributed by atoms with E-state index in [1.54, 1.807) is 22.0 Å². The van der Waals surface area contributed by atoms with Crippen LogP contribution in [-0.4, -0.2) is 9.49 Å². The predicted molar refractivity (Wildman–Crippen MR) is 55.9 cm³/mol. The van der Waals surface area contributed by atoms with Gasteiger partial charge in [-0.1, -0.05) is 0 Å². The summed E-state index contributed by atoms with van der Waals surface area (Å²) in [5.74, 6) is 0. The van der Waals surface area contributed by atoms with Crippen molar-refractivity contribution in [2.24, 2.45) is 0 Å². The number of H-pyrrole nitrogens is 2. The van der Waals surface area contributed by atoms with Crippen molar-refractivity contribution in [3.8, 4) is 0 Å². The Morgan fingerprint density at radius 1 is 0.846 bits per heavy atom. The van der Waals surface area contributed by atoms with Gasteiger partial charge in [0, 0.05) is 0 Å². The summed E-state index contributed by atoms with van der Waals surface area (Å²) in [5.41, 5.74) is 0. The monoisotopic (exact) mass is 400 g/mol. The van der Waals surface area contributed by atoms with E-state index in [0.29, 0.717) is 0 Å². The third kappa shape index (κ3) is 5.46. The minimum atomic E-state index is -0.350. The fourth-order valence-electron chi connectivity index (χ4n) is 0.536. The number of halogens is 2. The minimum absolute atomic E-state index is 0. The van der Waals surface area contributed by atoms with Crippen molar-refractivity contribution in [1.82, 2.24) is 9.49 Å². The molecule has 0 saturated carbocycles. The third-order valence-corrected chi connectivity index (χ3v) is 17.6. The second-order valence-electron chi connectivity index (χ2n) is 1.62. The second kappa shape index (κ2) is 8.72. The quantitative estimate of drug-likeness (QED) is 0.576. The van der Waals surface area contributed by atoms with E-state index >= 15 is 0 Å². The zero-order valence-electron chi connectivity index (χ0n) is 5.94. The summed E-state index contributed by atoms with van der Waals surface area (Å²) in [5, 5.41) is 0. The van der Waals surface area contributed by atoms with Crippen LogP contribution in [0.4, 0.5) is 0 Å². The fourth-order valence-corrected chi connectivity index (χ4v) is 22.0. The van der Waals surface area contributed by atoms with Crippen molar-refractivity contribution in [1.29, 1.82) is 0 Å². The first-order valence-electron chi connectivity index (χ1n) is 2.69. The molecule has 0 aliphatic carbocycles. The topological polar surface area (TPSA) is 31.6 Å². The van der Waals surface area contributed by atoms with Crippen LogP contribution in [-0.2, 0) is 23.2 Å². The number of aromatic amines is 2. The molecule has 2 aromatic rings. The standard InChI is InChI=1S/2CHNP3.2ClH.Zr/c2*1-2-4-5-3-1;;;/h2*2H;2*1H;/q;;;;+2/p-2. The van der Waals surface area contributed by atoms with Crippen LogP contribution in [0.15, 0.2) is 0 Å². The fraction of sp³-hybridized carbons (Fsp3) is 0. The van der Waals surface area contributed by atoms with Crippen molar-refractivity contribution in [2.45, 2.75) is 0 Å². The number of aromatic nitrogens is 2. The summed E-state index contributed by atoms with van der Waals surface area (Å²) in [4.78, 5) is 0. The van der Waals surface area contributed by atoms with E-state index in [2.05, 4.69) is 9.49 Å². The summed E-state index contributed by atoms with van der Waals surface area (Å²) in [6.07, 6.45) is 0. The van der Waals surface area contributed by atoms with Crippen LogP contribution in [0.2, 0.25) is 0 Å². The molecule has 0 fully saturated rings. The van der Waals surface area contributed by atoms with Crippen LogP contribution in [0.1, 0.15) is 0 Å². The molecule has 2 rings (SSSR count). The average molecular weight is 402 g/mol. The molecule has 68 valence electrons. The number of hydrogen-bond acceptors (Lipinski definition) is 0. The van der Waals surface area contributed by atoms with E-state index in [9.17, 15) is 0 Å². The molecule has 0 spiro atoms. The summed E-state index contributed by atoms with van der Waals surface area (Å²) in [6.45, 7) is 0. The Hall–Kier alpha value is 2.60. The van der Waals surface area contributed by atoms with Gasteiger partial charge in [-0.25, -0.2) is 0 Å². The van der Waals surface area contributed by atoms with Crippen LogP contribution < -0.4 is 31.1 Å². The molecule has 2 heterocycles. The average Bonchev–Trinajstić information content (AvgIpc) is 2.60. The van der Waals surface area contributed by atoms with E-state index in [4.69, 9.17) is 0 Å². The maximum atomic E-state index is 3.45. The van der Waals surface area contributed by atoms with Crippen molar-refractivity contribution >= 4 is 53.2 Å². The van der Waals surface area contributed by atoms with E-state index in [0.717, 1.165) is 0 Å². The van der Waals surface area contributed by atoms with E-state index in [-0.39, 0.29) is 48.0 Å². The zero-order chi connectivity index (χ0) is 7.52. The molecule has 0 aromatic carbocycles.